The summed E-state index contributed by atoms with van der Waals surface area (Å²) in [5, 5.41) is 0. The summed E-state index contributed by atoms with van der Waals surface area (Å²) in [5.74, 6) is 0.651. The molecule has 0 amide bonds. The van der Waals surface area contributed by atoms with Gasteiger partial charge in [-0.1, -0.05) is 37.6 Å². The van der Waals surface area contributed by atoms with Crippen LogP contribution in [0.4, 0.5) is 0 Å². The van der Waals surface area contributed by atoms with E-state index in [1.165, 1.54) is 12.8 Å². The second kappa shape index (κ2) is 8.84. The Morgan fingerprint density at radius 2 is 1.74 bits per heavy atom. The Morgan fingerprint density at radius 1 is 1.11 bits per heavy atom. The van der Waals surface area contributed by atoms with Gasteiger partial charge < -0.3 is 9.47 Å². The van der Waals surface area contributed by atoms with Gasteiger partial charge in [0.25, 0.3) is 0 Å². The highest BCUT2D eigenvalue weighted by Crippen LogP contribution is 2.41. The SMILES string of the molecule is CC=COCC1(COC=CC)CC=CCC1CCC. The predicted molar refractivity (Wildman–Crippen MR) is 80.7 cm³/mol. The molecule has 1 aliphatic carbocycles. The van der Waals surface area contributed by atoms with Crippen molar-refractivity contribution in [3.8, 4) is 0 Å². The first kappa shape index (κ1) is 15.9. The summed E-state index contributed by atoms with van der Waals surface area (Å²) < 4.78 is 11.4. The standard InChI is InChI=1S/C17H28O2/c1-4-9-16-10-7-8-11-17(16,14-18-12-5-2)15-19-13-6-3/h5-8,12-13,16H,4,9-11,14-15H2,1-3H3. The highest BCUT2D eigenvalue weighted by molar-refractivity contribution is 5.03. The lowest BCUT2D eigenvalue weighted by molar-refractivity contribution is -0.0125. The lowest BCUT2D eigenvalue weighted by Gasteiger charge is -2.41. The normalized spacial score (nSPS) is 27.2. The Morgan fingerprint density at radius 3 is 2.26 bits per heavy atom. The third-order valence-electron chi connectivity index (χ3n) is 3.82. The average Bonchev–Trinajstić information content (AvgIpc) is 2.42. The molecule has 0 aromatic heterocycles. The van der Waals surface area contributed by atoms with E-state index in [-0.39, 0.29) is 5.41 Å². The highest BCUT2D eigenvalue weighted by Gasteiger charge is 2.39. The molecule has 0 bridgehead atoms. The summed E-state index contributed by atoms with van der Waals surface area (Å²) in [6.07, 6.45) is 16.7. The highest BCUT2D eigenvalue weighted by atomic mass is 16.5. The Kier molecular flexibility index (Phi) is 7.39. The second-order valence-electron chi connectivity index (χ2n) is 5.32. The number of rotatable bonds is 8. The fourth-order valence-electron chi connectivity index (χ4n) is 2.78. The topological polar surface area (TPSA) is 18.5 Å². The molecule has 19 heavy (non-hydrogen) atoms. The van der Waals surface area contributed by atoms with Crippen LogP contribution in [0.5, 0.6) is 0 Å². The Labute approximate surface area is 118 Å². The molecule has 1 unspecified atom stereocenters. The fourth-order valence-corrected chi connectivity index (χ4v) is 2.78. The minimum atomic E-state index is 0.115. The second-order valence-corrected chi connectivity index (χ2v) is 5.32. The van der Waals surface area contributed by atoms with Crippen molar-refractivity contribution in [1.82, 2.24) is 0 Å². The Hall–Kier alpha value is -1.18. The predicted octanol–water partition coefficient (Wildman–Crippen LogP) is 4.84. The molecule has 1 atom stereocenters. The summed E-state index contributed by atoms with van der Waals surface area (Å²) >= 11 is 0. The summed E-state index contributed by atoms with van der Waals surface area (Å²) in [7, 11) is 0. The molecule has 0 aliphatic heterocycles. The first-order valence-electron chi connectivity index (χ1n) is 7.39. The monoisotopic (exact) mass is 264 g/mol. The van der Waals surface area contributed by atoms with Gasteiger partial charge in [0.1, 0.15) is 0 Å². The smallest absolute Gasteiger partial charge is 0.0967 e. The molecule has 0 saturated heterocycles. The number of hydrogen-bond donors (Lipinski definition) is 0. The number of ether oxygens (including phenoxy) is 2. The van der Waals surface area contributed by atoms with Gasteiger partial charge in [-0.2, -0.15) is 0 Å². The van der Waals surface area contributed by atoms with E-state index in [2.05, 4.69) is 19.1 Å². The Balaban J connectivity index is 2.76. The van der Waals surface area contributed by atoms with Crippen LogP contribution in [-0.4, -0.2) is 13.2 Å². The van der Waals surface area contributed by atoms with Crippen LogP contribution < -0.4 is 0 Å². The van der Waals surface area contributed by atoms with Gasteiger partial charge in [0.05, 0.1) is 25.7 Å². The average molecular weight is 264 g/mol. The van der Waals surface area contributed by atoms with Crippen molar-refractivity contribution in [2.75, 3.05) is 13.2 Å². The van der Waals surface area contributed by atoms with E-state index in [9.17, 15) is 0 Å². The summed E-state index contributed by atoms with van der Waals surface area (Å²) in [6.45, 7) is 7.69. The molecular formula is C17H28O2. The van der Waals surface area contributed by atoms with Crippen LogP contribution in [0.2, 0.25) is 0 Å². The molecule has 0 radical (unpaired) electrons. The quantitative estimate of drug-likeness (QED) is 0.461. The van der Waals surface area contributed by atoms with Crippen LogP contribution in [0, 0.1) is 11.3 Å². The van der Waals surface area contributed by atoms with E-state index in [4.69, 9.17) is 9.47 Å². The van der Waals surface area contributed by atoms with E-state index >= 15 is 0 Å². The van der Waals surface area contributed by atoms with Crippen molar-refractivity contribution in [3.63, 3.8) is 0 Å². The zero-order valence-electron chi connectivity index (χ0n) is 12.6. The molecule has 0 saturated carbocycles. The van der Waals surface area contributed by atoms with Crippen LogP contribution in [0.15, 0.2) is 36.8 Å². The molecule has 0 N–H and O–H groups in total. The maximum Gasteiger partial charge on any atom is 0.0967 e. The molecule has 108 valence electrons. The van der Waals surface area contributed by atoms with Crippen molar-refractivity contribution in [2.45, 2.75) is 46.5 Å². The number of hydrogen-bond acceptors (Lipinski definition) is 2. The van der Waals surface area contributed by atoms with Gasteiger partial charge in [-0.05, 0) is 39.0 Å². The van der Waals surface area contributed by atoms with Gasteiger partial charge in [-0.15, -0.1) is 0 Å². The first-order valence-corrected chi connectivity index (χ1v) is 7.39. The third kappa shape index (κ3) is 4.77. The molecule has 0 aromatic rings. The fraction of sp³-hybridized carbons (Fsp3) is 0.647. The molecular weight excluding hydrogens is 236 g/mol. The zero-order chi connectivity index (χ0) is 14.0. The molecule has 2 nitrogen and oxygen atoms in total. The van der Waals surface area contributed by atoms with Crippen LogP contribution in [0.1, 0.15) is 46.5 Å². The first-order chi connectivity index (χ1) is 9.29. The summed E-state index contributed by atoms with van der Waals surface area (Å²) in [5.41, 5.74) is 0.115. The van der Waals surface area contributed by atoms with Crippen molar-refractivity contribution < 1.29 is 9.47 Å². The molecule has 1 aliphatic rings. The van der Waals surface area contributed by atoms with Gasteiger partial charge in [0.2, 0.25) is 0 Å². The zero-order valence-corrected chi connectivity index (χ0v) is 12.6. The number of allylic oxidation sites excluding steroid dienone is 4. The maximum atomic E-state index is 5.71. The molecule has 0 fully saturated rings. The van der Waals surface area contributed by atoms with Crippen molar-refractivity contribution >= 4 is 0 Å². The largest absolute Gasteiger partial charge is 0.501 e. The van der Waals surface area contributed by atoms with Crippen molar-refractivity contribution in [3.05, 3.63) is 36.8 Å². The van der Waals surface area contributed by atoms with E-state index in [1.807, 2.05) is 26.0 Å². The lowest BCUT2D eigenvalue weighted by atomic mass is 9.68. The Bertz CT molecular complexity index is 299. The van der Waals surface area contributed by atoms with Crippen LogP contribution in [0.25, 0.3) is 0 Å². The van der Waals surface area contributed by atoms with Crippen molar-refractivity contribution in [2.24, 2.45) is 11.3 Å². The van der Waals surface area contributed by atoms with Crippen molar-refractivity contribution in [1.29, 1.82) is 0 Å². The molecule has 0 aromatic carbocycles. The summed E-state index contributed by atoms with van der Waals surface area (Å²) in [6, 6.07) is 0. The minimum Gasteiger partial charge on any atom is -0.501 e. The van der Waals surface area contributed by atoms with E-state index in [0.717, 1.165) is 26.1 Å². The molecule has 1 rings (SSSR count). The van der Waals surface area contributed by atoms with E-state index in [0.29, 0.717) is 5.92 Å². The van der Waals surface area contributed by atoms with Crippen LogP contribution in [-0.2, 0) is 9.47 Å². The van der Waals surface area contributed by atoms with E-state index in [1.54, 1.807) is 12.5 Å². The van der Waals surface area contributed by atoms with Gasteiger partial charge >= 0.3 is 0 Å². The van der Waals surface area contributed by atoms with Gasteiger partial charge in [-0.3, -0.25) is 0 Å². The minimum absolute atomic E-state index is 0.115. The maximum absolute atomic E-state index is 5.71. The van der Waals surface area contributed by atoms with E-state index < -0.39 is 0 Å². The molecule has 2 heteroatoms. The molecule has 0 heterocycles. The van der Waals surface area contributed by atoms with Gasteiger partial charge in [0.15, 0.2) is 0 Å². The summed E-state index contributed by atoms with van der Waals surface area (Å²) in [4.78, 5) is 0. The van der Waals surface area contributed by atoms with Gasteiger partial charge in [-0.25, -0.2) is 0 Å². The lowest BCUT2D eigenvalue weighted by Crippen LogP contribution is -2.40. The molecule has 0 spiro atoms. The van der Waals surface area contributed by atoms with Gasteiger partial charge in [0, 0.05) is 5.41 Å². The third-order valence-corrected chi connectivity index (χ3v) is 3.82. The van der Waals surface area contributed by atoms with Crippen LogP contribution in [0.3, 0.4) is 0 Å². The van der Waals surface area contributed by atoms with Crippen LogP contribution >= 0.6 is 0 Å².